The Morgan fingerprint density at radius 1 is 1.50 bits per heavy atom. The average Bonchev–Trinajstić information content (AvgIpc) is 2.42. The quantitative estimate of drug-likeness (QED) is 0.716. The van der Waals surface area contributed by atoms with Crippen LogP contribution >= 0.6 is 0 Å². The summed E-state index contributed by atoms with van der Waals surface area (Å²) in [5.74, 6) is -0.131. The molecule has 16 heavy (non-hydrogen) atoms. The molecule has 1 heterocycles. The molecule has 0 saturated carbocycles. The molecule has 1 saturated heterocycles. The number of ether oxygens (including phenoxy) is 1. The van der Waals surface area contributed by atoms with Gasteiger partial charge in [-0.2, -0.15) is 0 Å². The summed E-state index contributed by atoms with van der Waals surface area (Å²) in [5.41, 5.74) is 0.167. The van der Waals surface area contributed by atoms with Crippen molar-refractivity contribution in [2.45, 2.75) is 45.2 Å². The minimum atomic E-state index is -0.131. The van der Waals surface area contributed by atoms with Gasteiger partial charge in [-0.1, -0.05) is 0 Å². The van der Waals surface area contributed by atoms with Crippen molar-refractivity contribution in [1.82, 2.24) is 10.2 Å². The number of hydrogen-bond donors (Lipinski definition) is 1. The molecule has 0 spiro atoms. The lowest BCUT2D eigenvalue weighted by molar-refractivity contribution is -0.141. The molecule has 1 fully saturated rings. The molecule has 1 atom stereocenters. The third-order valence-corrected chi connectivity index (χ3v) is 3.07. The maximum Gasteiger partial charge on any atom is 0.307 e. The largest absolute Gasteiger partial charge is 0.469 e. The van der Waals surface area contributed by atoms with Gasteiger partial charge < -0.3 is 10.1 Å². The van der Waals surface area contributed by atoms with Gasteiger partial charge >= 0.3 is 5.97 Å². The van der Waals surface area contributed by atoms with Gasteiger partial charge in [-0.05, 0) is 40.3 Å². The number of carbonyl (C=O) groups is 1. The van der Waals surface area contributed by atoms with E-state index in [9.17, 15) is 4.79 Å². The summed E-state index contributed by atoms with van der Waals surface area (Å²) >= 11 is 0. The Bertz CT molecular complexity index is 236. The number of hydrogen-bond acceptors (Lipinski definition) is 4. The zero-order valence-corrected chi connectivity index (χ0v) is 10.9. The first kappa shape index (κ1) is 13.5. The molecule has 1 unspecified atom stereocenters. The normalized spacial score (nSPS) is 23.9. The highest BCUT2D eigenvalue weighted by Crippen LogP contribution is 2.16. The van der Waals surface area contributed by atoms with Crippen molar-refractivity contribution in [3.05, 3.63) is 0 Å². The Hall–Kier alpha value is -0.610. The molecule has 1 aliphatic rings. The third kappa shape index (κ3) is 4.10. The summed E-state index contributed by atoms with van der Waals surface area (Å²) in [6, 6.07) is 0.217. The lowest BCUT2D eigenvalue weighted by atomic mass is 10.0. The zero-order chi connectivity index (χ0) is 12.2. The maximum atomic E-state index is 11.3. The minimum Gasteiger partial charge on any atom is -0.469 e. The highest BCUT2D eigenvalue weighted by molar-refractivity contribution is 5.69. The summed E-state index contributed by atoms with van der Waals surface area (Å²) in [6.45, 7) is 9.63. The molecule has 94 valence electrons. The van der Waals surface area contributed by atoms with Crippen molar-refractivity contribution < 1.29 is 9.53 Å². The van der Waals surface area contributed by atoms with Gasteiger partial charge in [0, 0.05) is 18.1 Å². The number of methoxy groups -OCH3 is 1. The predicted octanol–water partition coefficient (Wildman–Crippen LogP) is 1.01. The molecule has 0 aromatic heterocycles. The van der Waals surface area contributed by atoms with E-state index in [1.165, 1.54) is 7.11 Å². The number of nitrogens with one attached hydrogen (secondary N) is 1. The summed E-state index contributed by atoms with van der Waals surface area (Å²) in [5, 5.41) is 3.41. The fourth-order valence-corrected chi connectivity index (χ4v) is 2.03. The Morgan fingerprint density at radius 2 is 2.19 bits per heavy atom. The van der Waals surface area contributed by atoms with Gasteiger partial charge in [0.05, 0.1) is 13.5 Å². The van der Waals surface area contributed by atoms with Crippen LogP contribution in [0.3, 0.4) is 0 Å². The van der Waals surface area contributed by atoms with Crippen LogP contribution in [-0.4, -0.2) is 49.2 Å². The Kier molecular flexibility index (Phi) is 4.74. The van der Waals surface area contributed by atoms with E-state index in [0.717, 1.165) is 26.1 Å². The van der Waals surface area contributed by atoms with E-state index in [0.29, 0.717) is 6.42 Å². The standard InChI is InChI=1S/C12H24N2O2/c1-12(2,3)14-7-5-6-13-10(9-14)8-11(15)16-4/h10,13H,5-9H2,1-4H3. The van der Waals surface area contributed by atoms with E-state index < -0.39 is 0 Å². The van der Waals surface area contributed by atoms with Crippen molar-refractivity contribution in [1.29, 1.82) is 0 Å². The van der Waals surface area contributed by atoms with Crippen molar-refractivity contribution >= 4 is 5.97 Å². The maximum absolute atomic E-state index is 11.3. The van der Waals surface area contributed by atoms with Gasteiger partial charge in [0.1, 0.15) is 0 Å². The van der Waals surface area contributed by atoms with Gasteiger partial charge in [0.2, 0.25) is 0 Å². The van der Waals surface area contributed by atoms with Crippen LogP contribution in [0.5, 0.6) is 0 Å². The van der Waals surface area contributed by atoms with Crippen LogP contribution < -0.4 is 5.32 Å². The predicted molar refractivity (Wildman–Crippen MR) is 64.4 cm³/mol. The molecule has 0 aromatic rings. The van der Waals surface area contributed by atoms with E-state index in [4.69, 9.17) is 4.74 Å². The van der Waals surface area contributed by atoms with Crippen LogP contribution in [0.4, 0.5) is 0 Å². The zero-order valence-electron chi connectivity index (χ0n) is 10.9. The molecular formula is C12H24N2O2. The van der Waals surface area contributed by atoms with Crippen molar-refractivity contribution in [2.24, 2.45) is 0 Å². The van der Waals surface area contributed by atoms with Gasteiger partial charge in [0.25, 0.3) is 0 Å². The molecule has 0 radical (unpaired) electrons. The molecular weight excluding hydrogens is 204 g/mol. The second-order valence-corrected chi connectivity index (χ2v) is 5.40. The van der Waals surface area contributed by atoms with E-state index in [-0.39, 0.29) is 17.6 Å². The molecule has 0 aliphatic carbocycles. The van der Waals surface area contributed by atoms with Crippen LogP contribution in [0.15, 0.2) is 0 Å². The monoisotopic (exact) mass is 228 g/mol. The van der Waals surface area contributed by atoms with Gasteiger partial charge in [-0.25, -0.2) is 0 Å². The number of rotatable bonds is 2. The highest BCUT2D eigenvalue weighted by Gasteiger charge is 2.27. The molecule has 1 rings (SSSR count). The molecule has 0 amide bonds. The number of carbonyl (C=O) groups excluding carboxylic acids is 1. The lowest BCUT2D eigenvalue weighted by Crippen LogP contribution is -2.47. The molecule has 1 aliphatic heterocycles. The fourth-order valence-electron chi connectivity index (χ4n) is 2.03. The summed E-state index contributed by atoms with van der Waals surface area (Å²) in [4.78, 5) is 13.7. The minimum absolute atomic E-state index is 0.131. The highest BCUT2D eigenvalue weighted by atomic mass is 16.5. The van der Waals surface area contributed by atoms with Crippen LogP contribution in [-0.2, 0) is 9.53 Å². The molecule has 0 aromatic carbocycles. The second kappa shape index (κ2) is 5.64. The van der Waals surface area contributed by atoms with Crippen molar-refractivity contribution in [2.75, 3.05) is 26.7 Å². The smallest absolute Gasteiger partial charge is 0.307 e. The van der Waals surface area contributed by atoms with E-state index >= 15 is 0 Å². The first-order valence-electron chi connectivity index (χ1n) is 5.98. The van der Waals surface area contributed by atoms with Crippen LogP contribution in [0.1, 0.15) is 33.6 Å². The topological polar surface area (TPSA) is 41.6 Å². The van der Waals surface area contributed by atoms with Crippen LogP contribution in [0, 0.1) is 0 Å². The molecule has 1 N–H and O–H groups in total. The lowest BCUT2D eigenvalue weighted by Gasteiger charge is -2.36. The summed E-state index contributed by atoms with van der Waals surface area (Å²) in [6.07, 6.45) is 1.60. The van der Waals surface area contributed by atoms with E-state index in [1.807, 2.05) is 0 Å². The van der Waals surface area contributed by atoms with E-state index in [2.05, 4.69) is 31.0 Å². The summed E-state index contributed by atoms with van der Waals surface area (Å²) < 4.78 is 4.72. The average molecular weight is 228 g/mol. The van der Waals surface area contributed by atoms with Crippen molar-refractivity contribution in [3.8, 4) is 0 Å². The molecule has 4 heteroatoms. The molecule has 0 bridgehead atoms. The van der Waals surface area contributed by atoms with Crippen LogP contribution in [0.2, 0.25) is 0 Å². The molecule has 4 nitrogen and oxygen atoms in total. The summed E-state index contributed by atoms with van der Waals surface area (Å²) in [7, 11) is 1.45. The first-order valence-corrected chi connectivity index (χ1v) is 5.98. The number of esters is 1. The number of nitrogens with zero attached hydrogens (tertiary/aromatic N) is 1. The SMILES string of the molecule is COC(=O)CC1CN(C(C)(C)C)CCCN1. The van der Waals surface area contributed by atoms with Gasteiger partial charge in [-0.15, -0.1) is 0 Å². The Morgan fingerprint density at radius 3 is 2.75 bits per heavy atom. The Labute approximate surface area is 98.3 Å². The van der Waals surface area contributed by atoms with E-state index in [1.54, 1.807) is 0 Å². The van der Waals surface area contributed by atoms with Gasteiger partial charge in [-0.3, -0.25) is 9.69 Å². The van der Waals surface area contributed by atoms with Gasteiger partial charge in [0.15, 0.2) is 0 Å². The fraction of sp³-hybridized carbons (Fsp3) is 0.917. The first-order chi connectivity index (χ1) is 7.43. The van der Waals surface area contributed by atoms with Crippen molar-refractivity contribution in [3.63, 3.8) is 0 Å². The van der Waals surface area contributed by atoms with Crippen LogP contribution in [0.25, 0.3) is 0 Å². The second-order valence-electron chi connectivity index (χ2n) is 5.40. The Balaban J connectivity index is 2.55. The third-order valence-electron chi connectivity index (χ3n) is 3.07.